The van der Waals surface area contributed by atoms with Crippen LogP contribution in [0.4, 0.5) is 0 Å². The molecule has 0 fully saturated rings. The van der Waals surface area contributed by atoms with E-state index in [1.807, 2.05) is 19.9 Å². The average molecular weight is 192 g/mol. The Bertz CT molecular complexity index is 332. The third kappa shape index (κ3) is 2.17. The molecule has 1 atom stereocenters. The Morgan fingerprint density at radius 2 is 2.07 bits per heavy atom. The molecule has 76 valence electrons. The predicted octanol–water partition coefficient (Wildman–Crippen LogP) is 1.73. The third-order valence-corrected chi connectivity index (χ3v) is 2.16. The fourth-order valence-electron chi connectivity index (χ4n) is 1.36. The van der Waals surface area contributed by atoms with E-state index < -0.39 is 6.04 Å². The van der Waals surface area contributed by atoms with Gasteiger partial charge in [-0.15, -0.1) is 0 Å². The molecule has 0 saturated heterocycles. The number of nitrogens with zero attached hydrogens (tertiary/aromatic N) is 1. The number of aromatic nitrogens is 1. The summed E-state index contributed by atoms with van der Waals surface area (Å²) in [6.07, 6.45) is 3.30. The number of hydrogen-bond donors (Lipinski definition) is 1. The van der Waals surface area contributed by atoms with E-state index in [2.05, 4.69) is 4.98 Å². The highest BCUT2D eigenvalue weighted by Crippen LogP contribution is 2.19. The van der Waals surface area contributed by atoms with Gasteiger partial charge in [0, 0.05) is 18.0 Å². The van der Waals surface area contributed by atoms with Crippen molar-refractivity contribution in [2.45, 2.75) is 32.7 Å². The van der Waals surface area contributed by atoms with Crippen LogP contribution in [0, 0.1) is 0 Å². The standard InChI is InChI=1S/C11H16N2O/c1-7(2)9-4-5-13-6-10(9)11(14)8(3)12/h4-8H,12H2,1-3H3. The molecule has 3 nitrogen and oxygen atoms in total. The van der Waals surface area contributed by atoms with Crippen LogP contribution in [0.25, 0.3) is 0 Å². The summed E-state index contributed by atoms with van der Waals surface area (Å²) < 4.78 is 0. The molecule has 3 heteroatoms. The number of carbonyl (C=O) groups excluding carboxylic acids is 1. The molecule has 0 aromatic carbocycles. The van der Waals surface area contributed by atoms with Gasteiger partial charge in [-0.2, -0.15) is 0 Å². The minimum atomic E-state index is -0.461. The lowest BCUT2D eigenvalue weighted by molar-refractivity contribution is 0.0966. The lowest BCUT2D eigenvalue weighted by atomic mass is 9.95. The number of hydrogen-bond acceptors (Lipinski definition) is 3. The van der Waals surface area contributed by atoms with Crippen LogP contribution in [-0.4, -0.2) is 16.8 Å². The van der Waals surface area contributed by atoms with Gasteiger partial charge in [0.1, 0.15) is 0 Å². The highest BCUT2D eigenvalue weighted by atomic mass is 16.1. The molecule has 0 aliphatic rings. The van der Waals surface area contributed by atoms with Gasteiger partial charge in [0.05, 0.1) is 6.04 Å². The predicted molar refractivity (Wildman–Crippen MR) is 56.3 cm³/mol. The zero-order valence-corrected chi connectivity index (χ0v) is 8.82. The van der Waals surface area contributed by atoms with Crippen LogP contribution in [0.2, 0.25) is 0 Å². The van der Waals surface area contributed by atoms with Crippen LogP contribution in [0.5, 0.6) is 0 Å². The van der Waals surface area contributed by atoms with Gasteiger partial charge in [0.25, 0.3) is 0 Å². The maximum atomic E-state index is 11.7. The van der Waals surface area contributed by atoms with E-state index in [-0.39, 0.29) is 5.78 Å². The van der Waals surface area contributed by atoms with E-state index >= 15 is 0 Å². The number of carbonyl (C=O) groups is 1. The lowest BCUT2D eigenvalue weighted by Crippen LogP contribution is -2.27. The summed E-state index contributed by atoms with van der Waals surface area (Å²) in [6.45, 7) is 5.79. The Hall–Kier alpha value is -1.22. The van der Waals surface area contributed by atoms with Gasteiger partial charge in [-0.25, -0.2) is 0 Å². The molecule has 1 aromatic rings. The molecule has 1 unspecified atom stereocenters. The van der Waals surface area contributed by atoms with Crippen molar-refractivity contribution in [3.63, 3.8) is 0 Å². The maximum Gasteiger partial charge on any atom is 0.181 e. The monoisotopic (exact) mass is 192 g/mol. The van der Waals surface area contributed by atoms with Crippen LogP contribution < -0.4 is 5.73 Å². The van der Waals surface area contributed by atoms with Crippen molar-refractivity contribution in [3.05, 3.63) is 29.6 Å². The molecule has 0 saturated carbocycles. The Balaban J connectivity index is 3.13. The molecule has 0 aliphatic heterocycles. The van der Waals surface area contributed by atoms with Crippen molar-refractivity contribution in [2.75, 3.05) is 0 Å². The largest absolute Gasteiger partial charge is 0.321 e. The number of ketones is 1. The Labute approximate surface area is 84.3 Å². The van der Waals surface area contributed by atoms with Crippen LogP contribution in [0.15, 0.2) is 18.5 Å². The molecule has 1 rings (SSSR count). The fraction of sp³-hybridized carbons (Fsp3) is 0.455. The van der Waals surface area contributed by atoms with Crippen LogP contribution in [-0.2, 0) is 0 Å². The number of nitrogens with two attached hydrogens (primary N) is 1. The molecule has 0 spiro atoms. The SMILES string of the molecule is CC(N)C(=O)c1cnccc1C(C)C. The van der Waals surface area contributed by atoms with Crippen molar-refractivity contribution in [2.24, 2.45) is 5.73 Å². The first kappa shape index (κ1) is 10.9. The normalized spacial score (nSPS) is 12.9. The van der Waals surface area contributed by atoms with Gasteiger partial charge in [0.2, 0.25) is 0 Å². The number of Topliss-reactive ketones (excluding diaryl/α,β-unsaturated/α-hetero) is 1. The van der Waals surface area contributed by atoms with Crippen LogP contribution in [0.3, 0.4) is 0 Å². The number of rotatable bonds is 3. The highest BCUT2D eigenvalue weighted by Gasteiger charge is 2.16. The second-order valence-corrected chi connectivity index (χ2v) is 3.77. The highest BCUT2D eigenvalue weighted by molar-refractivity contribution is 6.00. The lowest BCUT2D eigenvalue weighted by Gasteiger charge is -2.12. The molecule has 0 bridgehead atoms. The molecule has 2 N–H and O–H groups in total. The van der Waals surface area contributed by atoms with Crippen molar-refractivity contribution < 1.29 is 4.79 Å². The van der Waals surface area contributed by atoms with E-state index in [1.165, 1.54) is 0 Å². The molecular weight excluding hydrogens is 176 g/mol. The Morgan fingerprint density at radius 1 is 1.43 bits per heavy atom. The first-order chi connectivity index (χ1) is 6.54. The van der Waals surface area contributed by atoms with E-state index in [9.17, 15) is 4.79 Å². The van der Waals surface area contributed by atoms with Gasteiger partial charge >= 0.3 is 0 Å². The maximum absolute atomic E-state index is 11.7. The summed E-state index contributed by atoms with van der Waals surface area (Å²) in [5.41, 5.74) is 7.23. The summed E-state index contributed by atoms with van der Waals surface area (Å²) >= 11 is 0. The smallest absolute Gasteiger partial charge is 0.181 e. The zero-order valence-electron chi connectivity index (χ0n) is 8.82. The fourth-order valence-corrected chi connectivity index (χ4v) is 1.36. The second kappa shape index (κ2) is 4.33. The molecule has 0 amide bonds. The van der Waals surface area contributed by atoms with E-state index in [1.54, 1.807) is 19.3 Å². The van der Waals surface area contributed by atoms with Gasteiger partial charge in [-0.1, -0.05) is 13.8 Å². The van der Waals surface area contributed by atoms with Crippen LogP contribution >= 0.6 is 0 Å². The molecule has 1 heterocycles. The third-order valence-electron chi connectivity index (χ3n) is 2.16. The molecular formula is C11H16N2O. The molecule has 14 heavy (non-hydrogen) atoms. The van der Waals surface area contributed by atoms with Gasteiger partial charge in [0.15, 0.2) is 5.78 Å². The molecule has 1 aromatic heterocycles. The first-order valence-corrected chi connectivity index (χ1v) is 4.77. The van der Waals surface area contributed by atoms with E-state index in [0.29, 0.717) is 11.5 Å². The minimum Gasteiger partial charge on any atom is -0.321 e. The van der Waals surface area contributed by atoms with Gasteiger partial charge in [-0.05, 0) is 24.5 Å². The van der Waals surface area contributed by atoms with Crippen LogP contribution in [0.1, 0.15) is 42.6 Å². The summed E-state index contributed by atoms with van der Waals surface area (Å²) in [7, 11) is 0. The molecule has 0 radical (unpaired) electrons. The summed E-state index contributed by atoms with van der Waals surface area (Å²) in [4.78, 5) is 15.7. The number of pyridine rings is 1. The van der Waals surface area contributed by atoms with Crippen molar-refractivity contribution >= 4 is 5.78 Å². The van der Waals surface area contributed by atoms with E-state index in [0.717, 1.165) is 5.56 Å². The summed E-state index contributed by atoms with van der Waals surface area (Å²) in [5, 5.41) is 0. The quantitative estimate of drug-likeness (QED) is 0.742. The first-order valence-electron chi connectivity index (χ1n) is 4.77. The molecule has 0 aliphatic carbocycles. The summed E-state index contributed by atoms with van der Waals surface area (Å²) in [6, 6.07) is 1.41. The van der Waals surface area contributed by atoms with Crippen molar-refractivity contribution in [1.82, 2.24) is 4.98 Å². The Kier molecular flexibility index (Phi) is 3.36. The second-order valence-electron chi connectivity index (χ2n) is 3.77. The van der Waals surface area contributed by atoms with E-state index in [4.69, 9.17) is 5.73 Å². The Morgan fingerprint density at radius 3 is 2.57 bits per heavy atom. The van der Waals surface area contributed by atoms with Crippen molar-refractivity contribution in [1.29, 1.82) is 0 Å². The zero-order chi connectivity index (χ0) is 10.7. The topological polar surface area (TPSA) is 56.0 Å². The minimum absolute atomic E-state index is 0.0400. The van der Waals surface area contributed by atoms with Gasteiger partial charge in [-0.3, -0.25) is 9.78 Å². The van der Waals surface area contributed by atoms with Gasteiger partial charge < -0.3 is 5.73 Å². The summed E-state index contributed by atoms with van der Waals surface area (Å²) in [5.74, 6) is 0.275. The van der Waals surface area contributed by atoms with Crippen molar-refractivity contribution in [3.8, 4) is 0 Å². The average Bonchev–Trinajstić information content (AvgIpc) is 2.16.